The molecule has 0 aliphatic carbocycles. The molecule has 0 saturated carbocycles. The van der Waals surface area contributed by atoms with E-state index in [1.54, 1.807) is 0 Å². The molecule has 0 aromatic heterocycles. The summed E-state index contributed by atoms with van der Waals surface area (Å²) in [7, 11) is 20.0. The molecule has 0 unspecified atom stereocenters. The topological polar surface area (TPSA) is 126 Å². The Morgan fingerprint density at radius 3 is 0.545 bits per heavy atom. The van der Waals surface area contributed by atoms with Gasteiger partial charge in [0, 0.05) is 0 Å². The molecule has 0 rings (SSSR count). The summed E-state index contributed by atoms with van der Waals surface area (Å²) in [6.45, 7) is 0. The first-order valence-electron chi connectivity index (χ1n) is 0.478. The number of hydrogen-bond acceptors (Lipinski definition) is 0. The summed E-state index contributed by atoms with van der Waals surface area (Å²) in [4.78, 5) is 0. The van der Waals surface area contributed by atoms with Crippen LogP contribution in [0, 0.1) is 0 Å². The van der Waals surface area contributed by atoms with Crippen LogP contribution in [0.2, 0.25) is 0 Å². The van der Waals surface area contributed by atoms with Crippen LogP contribution in [-0.2, 0) is 11.9 Å². The molecule has 8 N–H and O–H groups in total. The first kappa shape index (κ1) is 50.8. The van der Waals surface area contributed by atoms with Crippen molar-refractivity contribution >= 4 is 62.5 Å². The molecule has 0 amide bonds. The zero-order valence-electron chi connectivity index (χ0n) is 4.64. The predicted octanol–water partition coefficient (Wildman–Crippen LogP) is 0.300. The second kappa shape index (κ2) is 22.8. The summed E-state index contributed by atoms with van der Waals surface area (Å²) in [6.07, 6.45) is 0. The summed E-state index contributed by atoms with van der Waals surface area (Å²) in [5, 5.41) is 0. The number of halogens is 6. The molecule has 0 radical (unpaired) electrons. The van der Waals surface area contributed by atoms with E-state index < -0.39 is 11.9 Å². The van der Waals surface area contributed by atoms with Crippen LogP contribution >= 0.6 is 62.5 Å². The Hall–Kier alpha value is 2.27. The molecule has 11 heavy (non-hydrogen) atoms. The minimum atomic E-state index is -3.06. The number of hydrogen-bond donors (Lipinski definition) is 0. The zero-order chi connectivity index (χ0) is 4.50. The van der Waals surface area contributed by atoms with Crippen molar-refractivity contribution in [2.45, 2.75) is 0 Å². The standard InChI is InChI=1S/6ClH.4H2O.Pt/h6*1H;4*1H2;/q;;;;;;;;;;+4/p-4. The third-order valence-electron chi connectivity index (χ3n) is 0. The fourth-order valence-electron chi connectivity index (χ4n) is 0. The molecule has 11 heteroatoms. The van der Waals surface area contributed by atoms with Gasteiger partial charge in [0.1, 0.15) is 0 Å². The second-order valence-corrected chi connectivity index (χ2v) is 20.0. The minimum absolute atomic E-state index is 0. The molecule has 0 heterocycles. The predicted molar refractivity (Wildman–Crippen MR) is 52.4 cm³/mol. The average Bonchev–Trinajstić information content (AvgIpc) is 0.722. The molecular formula is H10Cl6O4Pt. The van der Waals surface area contributed by atoms with Crippen LogP contribution in [0.1, 0.15) is 0 Å². The van der Waals surface area contributed by atoms with Crippen LogP contribution in [0.3, 0.4) is 0 Å². The zero-order valence-corrected chi connectivity index (χ0v) is 11.6. The summed E-state index contributed by atoms with van der Waals surface area (Å²) in [6, 6.07) is 0. The molecular weight excluding hydrogens is 472 g/mol. The van der Waals surface area contributed by atoms with Crippen molar-refractivity contribution in [1.82, 2.24) is 0 Å². The summed E-state index contributed by atoms with van der Waals surface area (Å²) >= 11 is -3.06. The van der Waals surface area contributed by atoms with Crippen molar-refractivity contribution in [2.75, 3.05) is 0 Å². The molecule has 0 aliphatic rings. The van der Waals surface area contributed by atoms with Gasteiger partial charge >= 0.3 is 49.6 Å². The van der Waals surface area contributed by atoms with E-state index in [0.717, 1.165) is 0 Å². The van der Waals surface area contributed by atoms with E-state index in [9.17, 15) is 0 Å². The fourth-order valence-corrected chi connectivity index (χ4v) is 0. The van der Waals surface area contributed by atoms with Gasteiger partial charge in [-0.25, -0.2) is 0 Å². The Balaban J connectivity index is -0.00000000533. The molecule has 0 aromatic rings. The third kappa shape index (κ3) is 251. The van der Waals surface area contributed by atoms with E-state index in [1.165, 1.54) is 0 Å². The van der Waals surface area contributed by atoms with E-state index in [2.05, 4.69) is 0 Å². The Labute approximate surface area is 95.5 Å². The quantitative estimate of drug-likeness (QED) is 0.472. The van der Waals surface area contributed by atoms with Crippen molar-refractivity contribution in [3.8, 4) is 0 Å². The van der Waals surface area contributed by atoms with Crippen LogP contribution in [0.4, 0.5) is 0 Å². The van der Waals surface area contributed by atoms with Crippen molar-refractivity contribution in [2.24, 2.45) is 0 Å². The van der Waals surface area contributed by atoms with Gasteiger partial charge in [0.2, 0.25) is 0 Å². The van der Waals surface area contributed by atoms with Gasteiger partial charge in [-0.2, -0.15) is 0 Å². The Morgan fingerprint density at radius 2 is 0.545 bits per heavy atom. The Morgan fingerprint density at radius 1 is 0.545 bits per heavy atom. The van der Waals surface area contributed by atoms with E-state index in [-0.39, 0.29) is 46.7 Å². The molecule has 0 atom stereocenters. The van der Waals surface area contributed by atoms with E-state index in [4.69, 9.17) is 37.7 Å². The van der Waals surface area contributed by atoms with Crippen molar-refractivity contribution in [3.63, 3.8) is 0 Å². The van der Waals surface area contributed by atoms with Crippen LogP contribution in [0.5, 0.6) is 0 Å². The van der Waals surface area contributed by atoms with Crippen molar-refractivity contribution in [3.05, 3.63) is 0 Å². The Bertz CT molecular complexity index is 30.1. The van der Waals surface area contributed by atoms with Crippen molar-refractivity contribution in [1.29, 1.82) is 0 Å². The van der Waals surface area contributed by atoms with Crippen LogP contribution in [0.25, 0.3) is 0 Å². The van der Waals surface area contributed by atoms with Crippen LogP contribution in [-0.4, -0.2) is 21.9 Å². The van der Waals surface area contributed by atoms with Gasteiger partial charge < -0.3 is 21.9 Å². The molecule has 0 bridgehead atoms. The molecule has 4 nitrogen and oxygen atoms in total. The number of rotatable bonds is 0. The van der Waals surface area contributed by atoms with E-state index in [1.807, 2.05) is 0 Å². The molecule has 0 aliphatic heterocycles. The third-order valence-corrected chi connectivity index (χ3v) is 0. The van der Waals surface area contributed by atoms with Gasteiger partial charge in [-0.1, -0.05) is 0 Å². The normalized spacial score (nSPS) is 6.91. The summed E-state index contributed by atoms with van der Waals surface area (Å²) < 4.78 is 0. The van der Waals surface area contributed by atoms with E-state index >= 15 is 0 Å². The maximum atomic E-state index is 5.01. The maximum absolute atomic E-state index is 5.01. The van der Waals surface area contributed by atoms with Gasteiger partial charge in [0.05, 0.1) is 0 Å². The average molecular weight is 482 g/mol. The monoisotopic (exact) mass is 479 g/mol. The SMILES string of the molecule is Cl.Cl.O.O.O.O.[Cl][Pt]([Cl])([Cl])[Cl]. The summed E-state index contributed by atoms with van der Waals surface area (Å²) in [5.41, 5.74) is 0. The second-order valence-electron chi connectivity index (χ2n) is 0.271. The van der Waals surface area contributed by atoms with Crippen molar-refractivity contribution < 1.29 is 33.8 Å². The molecule has 0 aromatic carbocycles. The van der Waals surface area contributed by atoms with Gasteiger partial charge in [-0.15, -0.1) is 24.8 Å². The van der Waals surface area contributed by atoms with Gasteiger partial charge in [-0.3, -0.25) is 0 Å². The first-order chi connectivity index (χ1) is 2.00. The van der Waals surface area contributed by atoms with Gasteiger partial charge in [-0.05, 0) is 0 Å². The molecule has 0 fully saturated rings. The first-order valence-corrected chi connectivity index (χ1v) is 11.7. The van der Waals surface area contributed by atoms with E-state index in [0.29, 0.717) is 0 Å². The van der Waals surface area contributed by atoms with Crippen LogP contribution in [0.15, 0.2) is 0 Å². The summed E-state index contributed by atoms with van der Waals surface area (Å²) in [5.74, 6) is 0. The molecule has 86 valence electrons. The Kier molecular flexibility index (Phi) is 105. The molecule has 0 spiro atoms. The van der Waals surface area contributed by atoms with Gasteiger partial charge in [0.25, 0.3) is 0 Å². The fraction of sp³-hybridized carbons (Fsp3) is 0. The molecule has 0 saturated heterocycles. The van der Waals surface area contributed by atoms with Crippen LogP contribution < -0.4 is 0 Å². The van der Waals surface area contributed by atoms with Gasteiger partial charge in [0.15, 0.2) is 0 Å².